The van der Waals surface area contributed by atoms with E-state index in [-0.39, 0.29) is 6.04 Å². The molecule has 1 atom stereocenters. The maximum Gasteiger partial charge on any atom is 0.408 e. The van der Waals surface area contributed by atoms with Gasteiger partial charge in [0.2, 0.25) is 0 Å². The van der Waals surface area contributed by atoms with E-state index in [1.165, 1.54) is 10.9 Å². The Labute approximate surface area is 88.9 Å². The van der Waals surface area contributed by atoms with Crippen LogP contribution in [0.15, 0.2) is 11.1 Å². The Bertz CT molecular complexity index is 416. The average molecular weight is 236 g/mol. The van der Waals surface area contributed by atoms with Gasteiger partial charge in [0.25, 0.3) is 0 Å². The smallest absolute Gasteiger partial charge is 0.315 e. The van der Waals surface area contributed by atoms with Gasteiger partial charge in [-0.25, -0.2) is 9.48 Å². The molecule has 0 spiro atoms. The molecule has 2 heterocycles. The topological polar surface area (TPSA) is 51.9 Å². The number of aromatic nitrogens is 3. The van der Waals surface area contributed by atoms with Crippen LogP contribution in [-0.4, -0.2) is 33.6 Å². The molecule has 16 heavy (non-hydrogen) atoms. The first-order chi connectivity index (χ1) is 7.47. The number of hydrogen-bond acceptors (Lipinski definition) is 3. The Hall–Kier alpha value is -1.31. The summed E-state index contributed by atoms with van der Waals surface area (Å²) in [6.07, 6.45) is -2.51. The Morgan fingerprint density at radius 1 is 1.56 bits per heavy atom. The lowest BCUT2D eigenvalue weighted by Gasteiger charge is -2.07. The molecule has 90 valence electrons. The predicted molar refractivity (Wildman–Crippen MR) is 49.1 cm³/mol. The van der Waals surface area contributed by atoms with Crippen molar-refractivity contribution in [1.29, 1.82) is 0 Å². The zero-order chi connectivity index (χ0) is 11.8. The number of hydrogen-bond donors (Lipinski definition) is 1. The van der Waals surface area contributed by atoms with Crippen LogP contribution in [0.1, 0.15) is 12.5 Å². The van der Waals surface area contributed by atoms with Crippen LogP contribution < -0.4 is 11.0 Å². The monoisotopic (exact) mass is 236 g/mol. The minimum atomic E-state index is -4.42. The third-order valence-electron chi connectivity index (χ3n) is 2.51. The molecule has 1 fully saturated rings. The number of alkyl halides is 3. The van der Waals surface area contributed by atoms with Crippen LogP contribution in [0.5, 0.6) is 0 Å². The van der Waals surface area contributed by atoms with Crippen LogP contribution in [-0.2, 0) is 6.54 Å². The molecule has 0 amide bonds. The number of halogens is 3. The van der Waals surface area contributed by atoms with E-state index in [0.717, 1.165) is 13.0 Å². The second kappa shape index (κ2) is 3.93. The van der Waals surface area contributed by atoms with Crippen LogP contribution in [0.4, 0.5) is 13.2 Å². The van der Waals surface area contributed by atoms with Crippen molar-refractivity contribution >= 4 is 0 Å². The number of rotatable bonds is 2. The molecule has 0 radical (unpaired) electrons. The van der Waals surface area contributed by atoms with Gasteiger partial charge in [0.05, 0.1) is 6.04 Å². The molecule has 1 aromatic heterocycles. The van der Waals surface area contributed by atoms with Crippen molar-refractivity contribution in [1.82, 2.24) is 19.7 Å². The minimum absolute atomic E-state index is 0.0884. The summed E-state index contributed by atoms with van der Waals surface area (Å²) in [6.45, 7) is 0.0259. The van der Waals surface area contributed by atoms with E-state index in [1.54, 1.807) is 0 Å². The van der Waals surface area contributed by atoms with Gasteiger partial charge < -0.3 is 5.32 Å². The normalized spacial score (nSPS) is 21.6. The highest BCUT2D eigenvalue weighted by Crippen LogP contribution is 2.16. The Morgan fingerprint density at radius 2 is 2.31 bits per heavy atom. The second-order valence-electron chi connectivity index (χ2n) is 3.74. The summed E-state index contributed by atoms with van der Waals surface area (Å²) >= 11 is 0. The molecule has 8 heteroatoms. The van der Waals surface area contributed by atoms with Crippen molar-refractivity contribution in [3.8, 4) is 0 Å². The highest BCUT2D eigenvalue weighted by Gasteiger charge is 2.30. The van der Waals surface area contributed by atoms with Crippen molar-refractivity contribution in [2.45, 2.75) is 25.2 Å². The summed E-state index contributed by atoms with van der Waals surface area (Å²) < 4.78 is 38.0. The molecule has 2 rings (SSSR count). The molecular weight excluding hydrogens is 225 g/mol. The second-order valence-corrected chi connectivity index (χ2v) is 3.74. The quantitative estimate of drug-likeness (QED) is 0.794. The lowest BCUT2D eigenvalue weighted by molar-refractivity contribution is -0.143. The summed E-state index contributed by atoms with van der Waals surface area (Å²) in [5, 5.41) is 6.50. The first-order valence-corrected chi connectivity index (χ1v) is 4.89. The van der Waals surface area contributed by atoms with Crippen LogP contribution in [0.3, 0.4) is 0 Å². The van der Waals surface area contributed by atoms with Crippen molar-refractivity contribution in [2.75, 3.05) is 13.1 Å². The third-order valence-corrected chi connectivity index (χ3v) is 2.51. The van der Waals surface area contributed by atoms with Gasteiger partial charge in [-0.2, -0.15) is 18.3 Å². The summed E-state index contributed by atoms with van der Waals surface area (Å²) in [6, 6.07) is -0.0884. The maximum atomic E-state index is 12.1. The molecule has 0 bridgehead atoms. The largest absolute Gasteiger partial charge is 0.408 e. The predicted octanol–water partition coefficient (Wildman–Crippen LogP) is 0.141. The summed E-state index contributed by atoms with van der Waals surface area (Å²) in [5.74, 6) is 0. The molecule has 1 saturated heterocycles. The van der Waals surface area contributed by atoms with E-state index in [9.17, 15) is 18.0 Å². The fourth-order valence-electron chi connectivity index (χ4n) is 1.76. The lowest BCUT2D eigenvalue weighted by Crippen LogP contribution is -2.32. The van der Waals surface area contributed by atoms with Crippen molar-refractivity contribution in [3.05, 3.63) is 16.8 Å². The molecule has 0 aliphatic carbocycles. The van der Waals surface area contributed by atoms with Crippen LogP contribution >= 0.6 is 0 Å². The molecule has 1 N–H and O–H groups in total. The van der Waals surface area contributed by atoms with Gasteiger partial charge >= 0.3 is 11.9 Å². The number of nitrogens with one attached hydrogen (secondary N) is 1. The molecule has 5 nitrogen and oxygen atoms in total. The molecule has 1 aromatic rings. The minimum Gasteiger partial charge on any atom is -0.315 e. The molecule has 0 unspecified atom stereocenters. The third kappa shape index (κ3) is 2.26. The van der Waals surface area contributed by atoms with Crippen LogP contribution in [0, 0.1) is 0 Å². The van der Waals surface area contributed by atoms with E-state index in [4.69, 9.17) is 0 Å². The average Bonchev–Trinajstić information content (AvgIpc) is 2.75. The van der Waals surface area contributed by atoms with Gasteiger partial charge in [0, 0.05) is 6.54 Å². The standard InChI is InChI=1S/C8H11F3N4O/c9-8(10,11)4-15-7(16)14(5-13-15)6-1-2-12-3-6/h5-6,12H,1-4H2/t6-/m1/s1. The Kier molecular flexibility index (Phi) is 2.75. The molecule has 1 aliphatic rings. The van der Waals surface area contributed by atoms with Crippen molar-refractivity contribution in [2.24, 2.45) is 0 Å². The fourth-order valence-corrected chi connectivity index (χ4v) is 1.76. The van der Waals surface area contributed by atoms with E-state index in [2.05, 4.69) is 10.4 Å². The summed E-state index contributed by atoms with van der Waals surface area (Å²) in [5.41, 5.74) is -0.703. The summed E-state index contributed by atoms with van der Waals surface area (Å²) in [7, 11) is 0. The SMILES string of the molecule is O=c1n([C@@H]2CCNC2)cnn1CC(F)(F)F. The lowest BCUT2D eigenvalue weighted by atomic mass is 10.3. The van der Waals surface area contributed by atoms with Crippen molar-refractivity contribution in [3.63, 3.8) is 0 Å². The Morgan fingerprint density at radius 3 is 2.88 bits per heavy atom. The van der Waals surface area contributed by atoms with Gasteiger partial charge in [-0.3, -0.25) is 4.57 Å². The van der Waals surface area contributed by atoms with E-state index in [1.807, 2.05) is 0 Å². The first-order valence-electron chi connectivity index (χ1n) is 4.89. The van der Waals surface area contributed by atoms with Crippen molar-refractivity contribution < 1.29 is 13.2 Å². The van der Waals surface area contributed by atoms with Gasteiger partial charge in [0.1, 0.15) is 12.9 Å². The number of nitrogens with zero attached hydrogens (tertiary/aromatic N) is 3. The summed E-state index contributed by atoms with van der Waals surface area (Å²) in [4.78, 5) is 11.6. The van der Waals surface area contributed by atoms with Gasteiger partial charge in [-0.05, 0) is 13.0 Å². The highest BCUT2D eigenvalue weighted by atomic mass is 19.4. The van der Waals surface area contributed by atoms with Crippen LogP contribution in [0.25, 0.3) is 0 Å². The zero-order valence-corrected chi connectivity index (χ0v) is 8.37. The van der Waals surface area contributed by atoms with Gasteiger partial charge in [0.15, 0.2) is 0 Å². The first kappa shape index (κ1) is 11.2. The Balaban J connectivity index is 2.20. The highest BCUT2D eigenvalue weighted by molar-refractivity contribution is 4.82. The fraction of sp³-hybridized carbons (Fsp3) is 0.750. The molecule has 0 aromatic carbocycles. The van der Waals surface area contributed by atoms with E-state index in [0.29, 0.717) is 11.2 Å². The van der Waals surface area contributed by atoms with Gasteiger partial charge in [-0.1, -0.05) is 0 Å². The maximum absolute atomic E-state index is 12.1. The van der Waals surface area contributed by atoms with Gasteiger partial charge in [-0.15, -0.1) is 0 Å². The molecule has 0 saturated carbocycles. The zero-order valence-electron chi connectivity index (χ0n) is 8.37. The van der Waals surface area contributed by atoms with E-state index < -0.39 is 18.4 Å². The molecule has 1 aliphatic heterocycles. The molecular formula is C8H11F3N4O. The van der Waals surface area contributed by atoms with E-state index >= 15 is 0 Å². The van der Waals surface area contributed by atoms with Crippen LogP contribution in [0.2, 0.25) is 0 Å².